The Balaban J connectivity index is 1.80. The smallest absolute Gasteiger partial charge is 0.315 e. The van der Waals surface area contributed by atoms with Crippen molar-refractivity contribution in [3.8, 4) is 5.75 Å². The number of carbonyl (C=O) groups excluding carboxylic acids is 1. The lowest BCUT2D eigenvalue weighted by Gasteiger charge is -2.22. The molecule has 1 heterocycles. The zero-order valence-corrected chi connectivity index (χ0v) is 13.4. The second kappa shape index (κ2) is 7.29. The maximum Gasteiger partial charge on any atom is 0.315 e. The van der Waals surface area contributed by atoms with Gasteiger partial charge < -0.3 is 20.5 Å². The molecule has 0 radical (unpaired) electrons. The Morgan fingerprint density at radius 3 is 2.82 bits per heavy atom. The van der Waals surface area contributed by atoms with Crippen LogP contribution in [0.25, 0.3) is 0 Å². The van der Waals surface area contributed by atoms with Gasteiger partial charge >= 0.3 is 6.03 Å². The molecule has 118 valence electrons. The van der Waals surface area contributed by atoms with E-state index in [9.17, 15) is 9.90 Å². The molecular formula is C16H20N2O3S. The molecule has 0 aliphatic heterocycles. The van der Waals surface area contributed by atoms with Crippen molar-refractivity contribution in [1.29, 1.82) is 0 Å². The van der Waals surface area contributed by atoms with E-state index in [0.717, 1.165) is 16.2 Å². The minimum atomic E-state index is -1.07. The number of nitrogens with one attached hydrogen (secondary N) is 2. The summed E-state index contributed by atoms with van der Waals surface area (Å²) in [6.07, 6.45) is 0. The van der Waals surface area contributed by atoms with Gasteiger partial charge in [-0.2, -0.15) is 0 Å². The summed E-state index contributed by atoms with van der Waals surface area (Å²) in [7, 11) is 1.60. The summed E-state index contributed by atoms with van der Waals surface area (Å²) in [5, 5.41) is 17.7. The average Bonchev–Trinajstić information content (AvgIpc) is 3.06. The fraction of sp³-hybridized carbons (Fsp3) is 0.312. The molecule has 0 saturated heterocycles. The van der Waals surface area contributed by atoms with E-state index in [4.69, 9.17) is 4.74 Å². The minimum absolute atomic E-state index is 0.150. The highest BCUT2D eigenvalue weighted by molar-refractivity contribution is 7.10. The largest absolute Gasteiger partial charge is 0.497 e. The first-order valence-electron chi connectivity index (χ1n) is 6.92. The third-order valence-corrected chi connectivity index (χ3v) is 4.36. The lowest BCUT2D eigenvalue weighted by atomic mass is 10.1. The maximum absolute atomic E-state index is 11.8. The Morgan fingerprint density at radius 2 is 2.14 bits per heavy atom. The van der Waals surface area contributed by atoms with Crippen LogP contribution in [0, 0.1) is 0 Å². The molecule has 2 rings (SSSR count). The Hall–Kier alpha value is -2.05. The number of carbonyl (C=O) groups is 1. The highest BCUT2D eigenvalue weighted by atomic mass is 32.1. The van der Waals surface area contributed by atoms with Gasteiger partial charge in [0.15, 0.2) is 0 Å². The van der Waals surface area contributed by atoms with Gasteiger partial charge in [0.2, 0.25) is 0 Å². The average molecular weight is 320 g/mol. The summed E-state index contributed by atoms with van der Waals surface area (Å²) in [5.41, 5.74) is -0.124. The maximum atomic E-state index is 11.8. The van der Waals surface area contributed by atoms with Crippen LogP contribution in [0.15, 0.2) is 41.8 Å². The van der Waals surface area contributed by atoms with Gasteiger partial charge in [-0.15, -0.1) is 11.3 Å². The summed E-state index contributed by atoms with van der Waals surface area (Å²) < 4.78 is 5.13. The summed E-state index contributed by atoms with van der Waals surface area (Å²) in [6.45, 7) is 2.23. The first-order chi connectivity index (χ1) is 10.5. The van der Waals surface area contributed by atoms with Gasteiger partial charge in [-0.1, -0.05) is 18.2 Å². The van der Waals surface area contributed by atoms with Crippen molar-refractivity contribution < 1.29 is 14.6 Å². The number of hydrogen-bond acceptors (Lipinski definition) is 4. The van der Waals surface area contributed by atoms with Gasteiger partial charge in [0, 0.05) is 11.4 Å². The van der Waals surface area contributed by atoms with Crippen LogP contribution < -0.4 is 15.4 Å². The molecule has 0 spiro atoms. The summed E-state index contributed by atoms with van der Waals surface area (Å²) in [5.74, 6) is 0.750. The number of benzene rings is 1. The number of urea groups is 1. The number of ether oxygens (including phenoxy) is 1. The molecule has 0 fully saturated rings. The van der Waals surface area contributed by atoms with Crippen LogP contribution in [0.5, 0.6) is 5.75 Å². The van der Waals surface area contributed by atoms with Crippen LogP contribution in [0.1, 0.15) is 17.4 Å². The monoisotopic (exact) mass is 320 g/mol. The zero-order valence-electron chi connectivity index (χ0n) is 12.6. The number of hydrogen-bond donors (Lipinski definition) is 3. The second-order valence-corrected chi connectivity index (χ2v) is 6.09. The van der Waals surface area contributed by atoms with Gasteiger partial charge in [0.05, 0.1) is 13.7 Å². The molecule has 0 bridgehead atoms. The summed E-state index contributed by atoms with van der Waals surface area (Å²) in [4.78, 5) is 12.6. The lowest BCUT2D eigenvalue weighted by Crippen LogP contribution is -2.42. The molecule has 1 aromatic carbocycles. The van der Waals surface area contributed by atoms with E-state index >= 15 is 0 Å². The summed E-state index contributed by atoms with van der Waals surface area (Å²) in [6, 6.07) is 10.9. The molecule has 0 aliphatic carbocycles. The van der Waals surface area contributed by atoms with Crippen LogP contribution in [-0.2, 0) is 12.1 Å². The predicted molar refractivity (Wildman–Crippen MR) is 87.1 cm³/mol. The van der Waals surface area contributed by atoms with Crippen molar-refractivity contribution in [3.63, 3.8) is 0 Å². The van der Waals surface area contributed by atoms with Gasteiger partial charge in [0.1, 0.15) is 11.4 Å². The Kier molecular flexibility index (Phi) is 5.41. The van der Waals surface area contributed by atoms with Gasteiger partial charge in [-0.25, -0.2) is 4.79 Å². The fourth-order valence-corrected chi connectivity index (χ4v) is 2.74. The van der Waals surface area contributed by atoms with Gasteiger partial charge in [-0.05, 0) is 36.1 Å². The number of thiophene rings is 1. The molecule has 6 heteroatoms. The standard InChI is InChI=1S/C16H20N2O3S/c1-16(20,14-7-4-8-22-14)11-18-15(19)17-10-12-5-3-6-13(9-12)21-2/h3-9,20H,10-11H2,1-2H3,(H2,17,18,19). The quantitative estimate of drug-likeness (QED) is 0.766. The number of aliphatic hydroxyl groups is 1. The van der Waals surface area contributed by atoms with Crippen LogP contribution in [0.2, 0.25) is 0 Å². The molecule has 2 amide bonds. The van der Waals surface area contributed by atoms with Crippen molar-refractivity contribution in [2.75, 3.05) is 13.7 Å². The zero-order chi connectivity index (χ0) is 16.0. The van der Waals surface area contributed by atoms with Crippen molar-refractivity contribution in [1.82, 2.24) is 10.6 Å². The Morgan fingerprint density at radius 1 is 1.32 bits per heavy atom. The topological polar surface area (TPSA) is 70.6 Å². The van der Waals surface area contributed by atoms with E-state index in [1.807, 2.05) is 41.8 Å². The minimum Gasteiger partial charge on any atom is -0.497 e. The third kappa shape index (κ3) is 4.47. The van der Waals surface area contributed by atoms with Crippen molar-refractivity contribution in [2.24, 2.45) is 0 Å². The molecule has 0 aliphatic rings. The molecule has 5 nitrogen and oxygen atoms in total. The number of rotatable bonds is 6. The highest BCUT2D eigenvalue weighted by Crippen LogP contribution is 2.24. The van der Waals surface area contributed by atoms with Crippen LogP contribution in [-0.4, -0.2) is 24.8 Å². The Labute approximate surface area is 133 Å². The molecule has 1 unspecified atom stereocenters. The number of amides is 2. The van der Waals surface area contributed by atoms with E-state index in [1.165, 1.54) is 11.3 Å². The number of methoxy groups -OCH3 is 1. The van der Waals surface area contributed by atoms with E-state index in [2.05, 4.69) is 10.6 Å². The SMILES string of the molecule is COc1cccc(CNC(=O)NCC(C)(O)c2cccs2)c1. The first-order valence-corrected chi connectivity index (χ1v) is 7.80. The molecule has 0 saturated carbocycles. The van der Waals surface area contributed by atoms with E-state index in [-0.39, 0.29) is 12.6 Å². The molecule has 3 N–H and O–H groups in total. The van der Waals surface area contributed by atoms with E-state index < -0.39 is 5.60 Å². The van der Waals surface area contributed by atoms with Gasteiger partial charge in [0.25, 0.3) is 0 Å². The second-order valence-electron chi connectivity index (χ2n) is 5.14. The molecule has 22 heavy (non-hydrogen) atoms. The van der Waals surface area contributed by atoms with Crippen molar-refractivity contribution >= 4 is 17.4 Å². The van der Waals surface area contributed by atoms with E-state index in [1.54, 1.807) is 14.0 Å². The lowest BCUT2D eigenvalue weighted by molar-refractivity contribution is 0.0631. The first kappa shape index (κ1) is 16.3. The molecule has 1 atom stereocenters. The Bertz CT molecular complexity index is 612. The van der Waals surface area contributed by atoms with E-state index in [0.29, 0.717) is 6.54 Å². The van der Waals surface area contributed by atoms with Gasteiger partial charge in [-0.3, -0.25) is 0 Å². The normalized spacial score (nSPS) is 13.2. The van der Waals surface area contributed by atoms with Crippen LogP contribution in [0.3, 0.4) is 0 Å². The molecule has 1 aromatic heterocycles. The fourth-order valence-electron chi connectivity index (χ4n) is 1.95. The van der Waals surface area contributed by atoms with Crippen molar-refractivity contribution in [2.45, 2.75) is 19.1 Å². The predicted octanol–water partition coefficient (Wildman–Crippen LogP) is 2.46. The van der Waals surface area contributed by atoms with Crippen LogP contribution >= 0.6 is 11.3 Å². The molecular weight excluding hydrogens is 300 g/mol. The van der Waals surface area contributed by atoms with Crippen molar-refractivity contribution in [3.05, 3.63) is 52.2 Å². The third-order valence-electron chi connectivity index (χ3n) is 3.23. The van der Waals surface area contributed by atoms with Crippen LogP contribution in [0.4, 0.5) is 4.79 Å². The summed E-state index contributed by atoms with van der Waals surface area (Å²) >= 11 is 1.46. The molecule has 2 aromatic rings. The highest BCUT2D eigenvalue weighted by Gasteiger charge is 2.24.